The third-order valence-electron chi connectivity index (χ3n) is 3.52. The Bertz CT molecular complexity index is 675. The quantitative estimate of drug-likeness (QED) is 0.807. The number of sulfonamides is 1. The fourth-order valence-electron chi connectivity index (χ4n) is 2.24. The molecule has 0 spiro atoms. The van der Waals surface area contributed by atoms with Crippen LogP contribution < -0.4 is 10.0 Å². The molecule has 1 aliphatic rings. The number of nitrogens with one attached hydrogen (secondary N) is 2. The second-order valence-corrected chi connectivity index (χ2v) is 9.31. The zero-order valence-electron chi connectivity index (χ0n) is 11.9. The topological polar surface area (TPSA) is 92.3 Å². The lowest BCUT2D eigenvalue weighted by molar-refractivity contribution is 0.490. The van der Waals surface area contributed by atoms with Gasteiger partial charge >= 0.3 is 0 Å². The summed E-state index contributed by atoms with van der Waals surface area (Å²) in [5.41, 5.74) is 0.731. The van der Waals surface area contributed by atoms with Crippen LogP contribution in [0.5, 0.6) is 0 Å². The Hall–Kier alpha value is -0.960. The molecule has 1 aromatic rings. The maximum absolute atomic E-state index is 12.1. The summed E-state index contributed by atoms with van der Waals surface area (Å²) in [6.07, 6.45) is 2.66. The summed E-state index contributed by atoms with van der Waals surface area (Å²) >= 11 is 0. The van der Waals surface area contributed by atoms with Gasteiger partial charge in [0.1, 0.15) is 0 Å². The van der Waals surface area contributed by atoms with Crippen molar-refractivity contribution in [3.63, 3.8) is 0 Å². The molecule has 2 N–H and O–H groups in total. The number of piperidine rings is 1. The Labute approximate surface area is 125 Å². The highest BCUT2D eigenvalue weighted by Gasteiger charge is 2.26. The van der Waals surface area contributed by atoms with Gasteiger partial charge in [0.15, 0.2) is 9.84 Å². The predicted molar refractivity (Wildman–Crippen MR) is 81.2 cm³/mol. The highest BCUT2D eigenvalue weighted by Crippen LogP contribution is 2.13. The van der Waals surface area contributed by atoms with E-state index in [9.17, 15) is 16.8 Å². The van der Waals surface area contributed by atoms with Crippen LogP contribution >= 0.6 is 0 Å². The summed E-state index contributed by atoms with van der Waals surface area (Å²) < 4.78 is 49.6. The Balaban J connectivity index is 1.99. The SMILES string of the molecule is CS(=O)(=O)c1ccc(CNS(=O)(=O)C2CCCNC2)cc1. The Morgan fingerprint density at radius 3 is 2.38 bits per heavy atom. The first-order valence-electron chi connectivity index (χ1n) is 6.77. The Morgan fingerprint density at radius 1 is 1.19 bits per heavy atom. The van der Waals surface area contributed by atoms with Crippen LogP contribution in [0.3, 0.4) is 0 Å². The molecule has 0 radical (unpaired) electrons. The minimum Gasteiger partial charge on any atom is -0.315 e. The van der Waals surface area contributed by atoms with Crippen molar-refractivity contribution in [3.05, 3.63) is 29.8 Å². The van der Waals surface area contributed by atoms with Gasteiger partial charge in [0.05, 0.1) is 10.1 Å². The first kappa shape index (κ1) is 16.4. The lowest BCUT2D eigenvalue weighted by Crippen LogP contribution is -2.44. The minimum absolute atomic E-state index is 0.170. The van der Waals surface area contributed by atoms with Gasteiger partial charge in [-0.2, -0.15) is 0 Å². The summed E-state index contributed by atoms with van der Waals surface area (Å²) in [5, 5.41) is 2.68. The molecule has 1 fully saturated rings. The molecule has 2 rings (SSSR count). The lowest BCUT2D eigenvalue weighted by atomic mass is 10.2. The van der Waals surface area contributed by atoms with Gasteiger partial charge in [-0.05, 0) is 37.1 Å². The van der Waals surface area contributed by atoms with E-state index in [2.05, 4.69) is 10.0 Å². The molecule has 0 bridgehead atoms. The van der Waals surface area contributed by atoms with Gasteiger partial charge in [-0.1, -0.05) is 12.1 Å². The highest BCUT2D eigenvalue weighted by molar-refractivity contribution is 7.90. The third-order valence-corrected chi connectivity index (χ3v) is 6.47. The van der Waals surface area contributed by atoms with Gasteiger partial charge in [0.25, 0.3) is 0 Å². The van der Waals surface area contributed by atoms with Gasteiger partial charge in [0.2, 0.25) is 10.0 Å². The van der Waals surface area contributed by atoms with Crippen LogP contribution in [0.4, 0.5) is 0 Å². The van der Waals surface area contributed by atoms with Crippen molar-refractivity contribution >= 4 is 19.9 Å². The van der Waals surface area contributed by atoms with Crippen molar-refractivity contribution in [1.82, 2.24) is 10.0 Å². The smallest absolute Gasteiger partial charge is 0.216 e. The molecule has 1 unspecified atom stereocenters. The molecule has 0 aliphatic carbocycles. The van der Waals surface area contributed by atoms with Crippen molar-refractivity contribution < 1.29 is 16.8 Å². The van der Waals surface area contributed by atoms with Crippen LogP contribution in [0.15, 0.2) is 29.2 Å². The van der Waals surface area contributed by atoms with Gasteiger partial charge < -0.3 is 5.32 Å². The minimum atomic E-state index is -3.35. The molecule has 8 heteroatoms. The van der Waals surface area contributed by atoms with E-state index in [0.717, 1.165) is 24.8 Å². The van der Waals surface area contributed by atoms with Crippen molar-refractivity contribution in [1.29, 1.82) is 0 Å². The second-order valence-electron chi connectivity index (χ2n) is 5.25. The van der Waals surface area contributed by atoms with Crippen molar-refractivity contribution in [3.8, 4) is 0 Å². The number of hydrogen-bond donors (Lipinski definition) is 2. The number of hydrogen-bond acceptors (Lipinski definition) is 5. The van der Waals surface area contributed by atoms with Crippen molar-refractivity contribution in [2.24, 2.45) is 0 Å². The molecule has 1 aromatic carbocycles. The van der Waals surface area contributed by atoms with Crippen LogP contribution in [-0.4, -0.2) is 41.4 Å². The molecule has 1 saturated heterocycles. The average molecular weight is 332 g/mol. The van der Waals surface area contributed by atoms with Crippen LogP contribution in [0.1, 0.15) is 18.4 Å². The summed E-state index contributed by atoms with van der Waals surface area (Å²) in [6.45, 7) is 1.50. The van der Waals surface area contributed by atoms with Crippen LogP contribution in [-0.2, 0) is 26.4 Å². The molecular formula is C13H20N2O4S2. The molecule has 0 amide bonds. The van der Waals surface area contributed by atoms with Gasteiger partial charge in [-0.3, -0.25) is 0 Å². The monoisotopic (exact) mass is 332 g/mol. The third kappa shape index (κ3) is 4.50. The normalized spacial score (nSPS) is 20.3. The molecule has 1 aliphatic heterocycles. The summed E-state index contributed by atoms with van der Waals surface area (Å²) in [6, 6.07) is 6.22. The standard InChI is InChI=1S/C13H20N2O4S2/c1-20(16,17)12-6-4-11(5-7-12)9-15-21(18,19)13-3-2-8-14-10-13/h4-7,13-15H,2-3,8-10H2,1H3. The Kier molecular flexibility index (Phi) is 5.03. The number of rotatable bonds is 5. The first-order valence-corrected chi connectivity index (χ1v) is 10.2. The highest BCUT2D eigenvalue weighted by atomic mass is 32.2. The summed E-state index contributed by atoms with van der Waals surface area (Å²) in [7, 11) is -6.58. The van der Waals surface area contributed by atoms with E-state index in [1.807, 2.05) is 0 Å². The predicted octanol–water partition coefficient (Wildman–Crippen LogP) is 0.262. The van der Waals surface area contributed by atoms with E-state index >= 15 is 0 Å². The molecule has 0 saturated carbocycles. The first-order chi connectivity index (χ1) is 9.79. The molecule has 21 heavy (non-hydrogen) atoms. The van der Waals surface area contributed by atoms with Crippen molar-refractivity contribution in [2.45, 2.75) is 29.5 Å². The lowest BCUT2D eigenvalue weighted by Gasteiger charge is -2.23. The van der Waals surface area contributed by atoms with E-state index < -0.39 is 25.1 Å². The fourth-order valence-corrected chi connectivity index (χ4v) is 4.29. The van der Waals surface area contributed by atoms with E-state index in [4.69, 9.17) is 0 Å². The van der Waals surface area contributed by atoms with Gasteiger partial charge in [-0.15, -0.1) is 0 Å². The molecular weight excluding hydrogens is 312 g/mol. The van der Waals surface area contributed by atoms with Crippen LogP contribution in [0, 0.1) is 0 Å². The molecule has 118 valence electrons. The maximum Gasteiger partial charge on any atom is 0.216 e. The zero-order valence-corrected chi connectivity index (χ0v) is 13.5. The number of sulfone groups is 1. The molecule has 1 atom stereocenters. The van der Waals surface area contributed by atoms with E-state index in [0.29, 0.717) is 13.0 Å². The second kappa shape index (κ2) is 6.43. The molecule has 0 aromatic heterocycles. The maximum atomic E-state index is 12.1. The fraction of sp³-hybridized carbons (Fsp3) is 0.538. The van der Waals surface area contributed by atoms with Gasteiger partial charge in [-0.25, -0.2) is 21.6 Å². The van der Waals surface area contributed by atoms with Crippen molar-refractivity contribution in [2.75, 3.05) is 19.3 Å². The van der Waals surface area contributed by atoms with E-state index in [-0.39, 0.29) is 11.4 Å². The molecule has 1 heterocycles. The van der Waals surface area contributed by atoms with E-state index in [1.54, 1.807) is 12.1 Å². The summed E-state index contributed by atoms with van der Waals surface area (Å²) in [5.74, 6) is 0. The zero-order chi connectivity index (χ0) is 15.5. The Morgan fingerprint density at radius 2 is 1.86 bits per heavy atom. The molecule has 6 nitrogen and oxygen atoms in total. The van der Waals surface area contributed by atoms with Crippen LogP contribution in [0.2, 0.25) is 0 Å². The van der Waals surface area contributed by atoms with Gasteiger partial charge in [0, 0.05) is 19.3 Å². The number of benzene rings is 1. The van der Waals surface area contributed by atoms with E-state index in [1.165, 1.54) is 12.1 Å². The largest absolute Gasteiger partial charge is 0.315 e. The average Bonchev–Trinajstić information content (AvgIpc) is 2.46. The van der Waals surface area contributed by atoms with Crippen LogP contribution in [0.25, 0.3) is 0 Å². The summed E-state index contributed by atoms with van der Waals surface area (Å²) in [4.78, 5) is 0.227.